The molecule has 1 aliphatic rings. The van der Waals surface area contributed by atoms with Gasteiger partial charge in [-0.15, -0.1) is 11.3 Å². The smallest absolute Gasteiger partial charge is 0.317 e. The van der Waals surface area contributed by atoms with Gasteiger partial charge in [0.2, 0.25) is 5.91 Å². The van der Waals surface area contributed by atoms with Crippen LogP contribution in [0.1, 0.15) is 16.9 Å². The first kappa shape index (κ1) is 17.5. The summed E-state index contributed by atoms with van der Waals surface area (Å²) in [5.74, 6) is 0.178. The molecule has 3 amide bonds. The highest BCUT2D eigenvalue weighted by atomic mass is 32.1. The van der Waals surface area contributed by atoms with Crippen LogP contribution in [0.3, 0.4) is 0 Å². The molecule has 3 rings (SSSR count). The van der Waals surface area contributed by atoms with Gasteiger partial charge in [0, 0.05) is 44.0 Å². The zero-order valence-electron chi connectivity index (χ0n) is 14.2. The van der Waals surface area contributed by atoms with E-state index in [4.69, 9.17) is 0 Å². The van der Waals surface area contributed by atoms with Crippen molar-refractivity contribution in [2.75, 3.05) is 26.2 Å². The predicted octanol–water partition coefficient (Wildman–Crippen LogP) is 2.73. The summed E-state index contributed by atoms with van der Waals surface area (Å²) in [6, 6.07) is 13.9. The molecule has 0 aliphatic carbocycles. The number of carbonyl (C=O) groups excluding carboxylic acids is 2. The van der Waals surface area contributed by atoms with Crippen LogP contribution in [0, 0.1) is 0 Å². The lowest BCUT2D eigenvalue weighted by molar-refractivity contribution is -0.132. The molecule has 2 heterocycles. The van der Waals surface area contributed by atoms with E-state index in [1.807, 2.05) is 46.7 Å². The maximum Gasteiger partial charge on any atom is 0.317 e. The molecule has 1 saturated heterocycles. The van der Waals surface area contributed by atoms with Crippen LogP contribution < -0.4 is 5.32 Å². The second kappa shape index (κ2) is 8.67. The van der Waals surface area contributed by atoms with Crippen LogP contribution in [-0.2, 0) is 17.8 Å². The number of piperazine rings is 1. The molecular weight excluding hydrogens is 334 g/mol. The third kappa shape index (κ3) is 5.06. The van der Waals surface area contributed by atoms with Gasteiger partial charge in [0.1, 0.15) is 0 Å². The number of carbonyl (C=O) groups is 2. The molecule has 0 spiro atoms. The number of hydrogen-bond donors (Lipinski definition) is 1. The van der Waals surface area contributed by atoms with Crippen LogP contribution in [0.5, 0.6) is 0 Å². The van der Waals surface area contributed by atoms with Gasteiger partial charge in [-0.1, -0.05) is 36.4 Å². The Hall–Kier alpha value is -2.34. The lowest BCUT2D eigenvalue weighted by Crippen LogP contribution is -2.53. The minimum absolute atomic E-state index is 0.0606. The lowest BCUT2D eigenvalue weighted by Gasteiger charge is -2.34. The molecule has 0 bridgehead atoms. The van der Waals surface area contributed by atoms with Crippen molar-refractivity contribution in [3.63, 3.8) is 0 Å². The Balaban J connectivity index is 1.38. The highest BCUT2D eigenvalue weighted by molar-refractivity contribution is 7.09. The molecule has 1 aromatic heterocycles. The molecule has 132 valence electrons. The second-order valence-electron chi connectivity index (χ2n) is 6.09. The van der Waals surface area contributed by atoms with E-state index in [0.29, 0.717) is 39.1 Å². The van der Waals surface area contributed by atoms with E-state index < -0.39 is 0 Å². The number of hydrogen-bond acceptors (Lipinski definition) is 3. The lowest BCUT2D eigenvalue weighted by atomic mass is 10.2. The summed E-state index contributed by atoms with van der Waals surface area (Å²) < 4.78 is 0. The van der Waals surface area contributed by atoms with Gasteiger partial charge >= 0.3 is 6.03 Å². The summed E-state index contributed by atoms with van der Waals surface area (Å²) >= 11 is 1.69. The number of amides is 3. The first-order valence-corrected chi connectivity index (χ1v) is 9.47. The van der Waals surface area contributed by atoms with Gasteiger partial charge in [0.05, 0.1) is 0 Å². The van der Waals surface area contributed by atoms with Crippen molar-refractivity contribution in [2.24, 2.45) is 0 Å². The highest BCUT2D eigenvalue weighted by Gasteiger charge is 2.23. The van der Waals surface area contributed by atoms with Gasteiger partial charge in [0.25, 0.3) is 0 Å². The molecule has 0 radical (unpaired) electrons. The molecule has 0 atom stereocenters. The first-order valence-electron chi connectivity index (χ1n) is 8.59. The van der Waals surface area contributed by atoms with Crippen LogP contribution in [0.2, 0.25) is 0 Å². The van der Waals surface area contributed by atoms with E-state index in [-0.39, 0.29) is 11.9 Å². The first-order chi connectivity index (χ1) is 12.2. The largest absolute Gasteiger partial charge is 0.339 e. The predicted molar refractivity (Wildman–Crippen MR) is 99.5 cm³/mol. The van der Waals surface area contributed by atoms with Crippen LogP contribution in [-0.4, -0.2) is 47.9 Å². The van der Waals surface area contributed by atoms with Crippen LogP contribution in [0.25, 0.3) is 0 Å². The SMILES string of the molecule is O=C(CCc1cccs1)N1CCN(C(=O)NCc2ccccc2)CC1. The Bertz CT molecular complexity index is 680. The number of nitrogens with one attached hydrogen (secondary N) is 1. The third-order valence-corrected chi connectivity index (χ3v) is 5.31. The zero-order chi connectivity index (χ0) is 17.5. The monoisotopic (exact) mass is 357 g/mol. The van der Waals surface area contributed by atoms with Crippen molar-refractivity contribution in [1.29, 1.82) is 0 Å². The topological polar surface area (TPSA) is 52.7 Å². The van der Waals surface area contributed by atoms with E-state index in [1.54, 1.807) is 16.2 Å². The Morgan fingerprint density at radius 1 is 0.960 bits per heavy atom. The van der Waals surface area contributed by atoms with Crippen LogP contribution in [0.15, 0.2) is 47.8 Å². The number of aryl methyl sites for hydroxylation is 1. The van der Waals surface area contributed by atoms with Crippen molar-refractivity contribution in [3.05, 3.63) is 58.3 Å². The highest BCUT2D eigenvalue weighted by Crippen LogP contribution is 2.13. The summed E-state index contributed by atoms with van der Waals surface area (Å²) in [6.07, 6.45) is 1.34. The third-order valence-electron chi connectivity index (χ3n) is 4.37. The number of thiophene rings is 1. The molecule has 2 aromatic rings. The van der Waals surface area contributed by atoms with Crippen molar-refractivity contribution < 1.29 is 9.59 Å². The zero-order valence-corrected chi connectivity index (χ0v) is 15.0. The standard InChI is InChI=1S/C19H23N3O2S/c23-18(9-8-17-7-4-14-25-17)21-10-12-22(13-11-21)19(24)20-15-16-5-2-1-3-6-16/h1-7,14H,8-13,15H2,(H,20,24). The van der Waals surface area contributed by atoms with E-state index in [9.17, 15) is 9.59 Å². The number of rotatable bonds is 5. The summed E-state index contributed by atoms with van der Waals surface area (Å²) in [5, 5.41) is 4.98. The van der Waals surface area contributed by atoms with Crippen molar-refractivity contribution in [2.45, 2.75) is 19.4 Å². The van der Waals surface area contributed by atoms with Gasteiger partial charge in [0.15, 0.2) is 0 Å². The summed E-state index contributed by atoms with van der Waals surface area (Å²) in [7, 11) is 0. The van der Waals surface area contributed by atoms with E-state index in [1.165, 1.54) is 4.88 Å². The fourth-order valence-corrected chi connectivity index (χ4v) is 3.60. The maximum absolute atomic E-state index is 12.3. The number of benzene rings is 1. The van der Waals surface area contributed by atoms with Gasteiger partial charge in [-0.2, -0.15) is 0 Å². The van der Waals surface area contributed by atoms with Crippen LogP contribution >= 0.6 is 11.3 Å². The molecule has 1 aliphatic heterocycles. The van der Waals surface area contributed by atoms with E-state index >= 15 is 0 Å². The molecule has 1 N–H and O–H groups in total. The molecule has 1 aromatic carbocycles. The Morgan fingerprint density at radius 2 is 1.68 bits per heavy atom. The molecule has 0 saturated carbocycles. The number of nitrogens with zero attached hydrogens (tertiary/aromatic N) is 2. The summed E-state index contributed by atoms with van der Waals surface area (Å²) in [5.41, 5.74) is 1.08. The maximum atomic E-state index is 12.3. The molecule has 6 heteroatoms. The average Bonchev–Trinajstić information content (AvgIpc) is 3.19. The summed E-state index contributed by atoms with van der Waals surface area (Å²) in [4.78, 5) is 29.4. The van der Waals surface area contributed by atoms with E-state index in [0.717, 1.165) is 12.0 Å². The van der Waals surface area contributed by atoms with Gasteiger partial charge in [-0.25, -0.2) is 4.79 Å². The molecule has 0 unspecified atom stereocenters. The van der Waals surface area contributed by atoms with Crippen molar-refractivity contribution >= 4 is 23.3 Å². The molecule has 1 fully saturated rings. The Morgan fingerprint density at radius 3 is 2.36 bits per heavy atom. The van der Waals surface area contributed by atoms with Gasteiger partial charge in [-0.05, 0) is 23.4 Å². The van der Waals surface area contributed by atoms with Crippen LogP contribution in [0.4, 0.5) is 4.79 Å². The molecule has 25 heavy (non-hydrogen) atoms. The van der Waals surface area contributed by atoms with Crippen molar-refractivity contribution in [1.82, 2.24) is 15.1 Å². The number of urea groups is 1. The fourth-order valence-electron chi connectivity index (χ4n) is 2.89. The quantitative estimate of drug-likeness (QED) is 0.895. The Labute approximate surface area is 152 Å². The van der Waals surface area contributed by atoms with Crippen molar-refractivity contribution in [3.8, 4) is 0 Å². The Kier molecular flexibility index (Phi) is 6.06. The minimum atomic E-state index is -0.0606. The van der Waals surface area contributed by atoms with E-state index in [2.05, 4.69) is 11.4 Å². The van der Waals surface area contributed by atoms with Gasteiger partial charge in [-0.3, -0.25) is 4.79 Å². The normalized spacial score (nSPS) is 14.4. The second-order valence-corrected chi connectivity index (χ2v) is 7.12. The molecule has 5 nitrogen and oxygen atoms in total. The minimum Gasteiger partial charge on any atom is -0.339 e. The summed E-state index contributed by atoms with van der Waals surface area (Å²) in [6.45, 7) is 2.93. The van der Waals surface area contributed by atoms with Gasteiger partial charge < -0.3 is 15.1 Å². The fraction of sp³-hybridized carbons (Fsp3) is 0.368. The average molecular weight is 357 g/mol. The molecular formula is C19H23N3O2S.